The quantitative estimate of drug-likeness (QED) is 0.441. The van der Waals surface area contributed by atoms with Gasteiger partial charge < -0.3 is 4.74 Å². The van der Waals surface area contributed by atoms with Gasteiger partial charge in [0.25, 0.3) is 5.56 Å². The van der Waals surface area contributed by atoms with E-state index in [1.54, 1.807) is 30.2 Å². The first-order valence-electron chi connectivity index (χ1n) is 9.92. The number of hydrogen-bond donors (Lipinski definition) is 0. The zero-order valence-corrected chi connectivity index (χ0v) is 19.1. The molecule has 1 atom stereocenters. The lowest BCUT2D eigenvalue weighted by Crippen LogP contribution is -2.39. The van der Waals surface area contributed by atoms with Crippen molar-refractivity contribution < 1.29 is 9.53 Å². The Hall–Kier alpha value is -2.90. The summed E-state index contributed by atoms with van der Waals surface area (Å²) in [5.74, 6) is -0.444. The van der Waals surface area contributed by atoms with Crippen molar-refractivity contribution in [3.05, 3.63) is 96.7 Å². The van der Waals surface area contributed by atoms with Crippen molar-refractivity contribution in [1.29, 1.82) is 0 Å². The first-order valence-corrected chi connectivity index (χ1v) is 12.0. The van der Waals surface area contributed by atoms with Crippen LogP contribution in [0.15, 0.2) is 80.5 Å². The summed E-state index contributed by atoms with van der Waals surface area (Å²) >= 11 is 2.97. The molecule has 0 radical (unpaired) electrons. The average molecular weight is 451 g/mol. The molecule has 158 valence electrons. The van der Waals surface area contributed by atoms with Crippen LogP contribution in [0.3, 0.4) is 0 Å². The van der Waals surface area contributed by atoms with E-state index < -0.39 is 12.0 Å². The van der Waals surface area contributed by atoms with Crippen LogP contribution in [0.25, 0.3) is 6.08 Å². The van der Waals surface area contributed by atoms with Crippen LogP contribution >= 0.6 is 23.1 Å². The summed E-state index contributed by atoms with van der Waals surface area (Å²) in [6.45, 7) is 3.82. The number of nitrogens with zero attached hydrogens (tertiary/aromatic N) is 2. The van der Waals surface area contributed by atoms with E-state index in [9.17, 15) is 9.59 Å². The molecular formula is C24H22N2O3S2. The minimum absolute atomic E-state index is 0.166. The minimum Gasteiger partial charge on any atom is -0.463 e. The van der Waals surface area contributed by atoms with Crippen LogP contribution < -0.4 is 14.9 Å². The van der Waals surface area contributed by atoms with E-state index in [0.29, 0.717) is 20.6 Å². The van der Waals surface area contributed by atoms with Gasteiger partial charge in [-0.3, -0.25) is 9.36 Å². The zero-order chi connectivity index (χ0) is 22.0. The van der Waals surface area contributed by atoms with Gasteiger partial charge in [0.1, 0.15) is 0 Å². The molecule has 0 N–H and O–H groups in total. The number of allylic oxidation sites excluding steroid dienone is 1. The van der Waals surface area contributed by atoms with Crippen LogP contribution in [0.4, 0.5) is 0 Å². The Balaban J connectivity index is 1.95. The summed E-state index contributed by atoms with van der Waals surface area (Å²) in [6, 6.07) is 17.0. The second-order valence-electron chi connectivity index (χ2n) is 6.99. The Morgan fingerprint density at radius 3 is 2.55 bits per heavy atom. The number of hydrogen-bond acceptors (Lipinski definition) is 6. The summed E-state index contributed by atoms with van der Waals surface area (Å²) < 4.78 is 7.52. The molecule has 1 unspecified atom stereocenters. The summed E-state index contributed by atoms with van der Waals surface area (Å²) in [5.41, 5.74) is 2.60. The fourth-order valence-electron chi connectivity index (χ4n) is 3.59. The van der Waals surface area contributed by atoms with Crippen molar-refractivity contribution in [2.75, 3.05) is 12.9 Å². The Morgan fingerprint density at radius 2 is 1.90 bits per heavy atom. The third-order valence-electron chi connectivity index (χ3n) is 5.05. The number of carbonyl (C=O) groups excluding carboxylic acids is 1. The number of rotatable bonds is 5. The number of fused-ring (bicyclic) bond motifs is 1. The highest BCUT2D eigenvalue weighted by atomic mass is 32.2. The molecule has 0 spiro atoms. The smallest absolute Gasteiger partial charge is 0.338 e. The van der Waals surface area contributed by atoms with E-state index in [2.05, 4.69) is 4.99 Å². The average Bonchev–Trinajstić information content (AvgIpc) is 3.08. The standard InChI is InChI=1S/C24H22N2O3S2/c1-4-29-23(28)20-15(2)25-24-26(21(20)17-10-12-18(30-3)13-11-17)22(27)19(31-24)14-16-8-6-5-7-9-16/h5-14,21H,4H2,1-3H3/b19-14-. The SMILES string of the molecule is CCOC(=O)C1=C(C)N=c2s/c(=C\c3ccccc3)c(=O)n2C1c1ccc(SC)cc1. The van der Waals surface area contributed by atoms with Crippen molar-refractivity contribution in [3.63, 3.8) is 0 Å². The summed E-state index contributed by atoms with van der Waals surface area (Å²) in [5, 5.41) is 0. The van der Waals surface area contributed by atoms with Gasteiger partial charge in [-0.05, 0) is 49.4 Å². The molecule has 2 aromatic carbocycles. The van der Waals surface area contributed by atoms with Crippen LogP contribution in [0.2, 0.25) is 0 Å². The highest BCUT2D eigenvalue weighted by molar-refractivity contribution is 7.98. The molecule has 7 heteroatoms. The molecule has 0 saturated carbocycles. The number of carbonyl (C=O) groups is 1. The van der Waals surface area contributed by atoms with Gasteiger partial charge in [0.05, 0.1) is 28.5 Å². The Bertz CT molecular complexity index is 1320. The second-order valence-corrected chi connectivity index (χ2v) is 8.87. The van der Waals surface area contributed by atoms with Crippen molar-refractivity contribution >= 4 is 35.1 Å². The maximum Gasteiger partial charge on any atom is 0.338 e. The Morgan fingerprint density at radius 1 is 1.19 bits per heavy atom. The molecule has 0 fully saturated rings. The molecule has 2 heterocycles. The molecule has 0 bridgehead atoms. The third-order valence-corrected chi connectivity index (χ3v) is 6.77. The monoisotopic (exact) mass is 450 g/mol. The number of esters is 1. The van der Waals surface area contributed by atoms with E-state index in [0.717, 1.165) is 16.0 Å². The van der Waals surface area contributed by atoms with Crippen molar-refractivity contribution in [1.82, 2.24) is 4.57 Å². The van der Waals surface area contributed by atoms with Crippen LogP contribution in [0, 0.1) is 0 Å². The fourth-order valence-corrected chi connectivity index (χ4v) is 5.05. The van der Waals surface area contributed by atoms with Crippen molar-refractivity contribution in [2.45, 2.75) is 24.8 Å². The second kappa shape index (κ2) is 9.08. The van der Waals surface area contributed by atoms with Gasteiger partial charge in [-0.1, -0.05) is 53.8 Å². The lowest BCUT2D eigenvalue weighted by Gasteiger charge is -2.24. The molecule has 0 amide bonds. The van der Waals surface area contributed by atoms with Gasteiger partial charge in [0.15, 0.2) is 4.80 Å². The number of ether oxygens (including phenoxy) is 1. The molecule has 1 aliphatic heterocycles. The number of aromatic nitrogens is 1. The largest absolute Gasteiger partial charge is 0.463 e. The van der Waals surface area contributed by atoms with E-state index in [1.165, 1.54) is 11.3 Å². The number of thiazole rings is 1. The normalized spacial score (nSPS) is 16.1. The highest BCUT2D eigenvalue weighted by Crippen LogP contribution is 2.31. The molecule has 4 rings (SSSR count). The molecule has 0 aliphatic carbocycles. The van der Waals surface area contributed by atoms with Gasteiger partial charge >= 0.3 is 5.97 Å². The molecular weight excluding hydrogens is 428 g/mol. The molecule has 31 heavy (non-hydrogen) atoms. The van der Waals surface area contributed by atoms with Crippen molar-refractivity contribution in [2.24, 2.45) is 4.99 Å². The third kappa shape index (κ3) is 4.16. The fraction of sp³-hybridized carbons (Fsp3) is 0.208. The first kappa shape index (κ1) is 21.3. The molecule has 1 aliphatic rings. The van der Waals surface area contributed by atoms with Gasteiger partial charge in [-0.15, -0.1) is 11.8 Å². The lowest BCUT2D eigenvalue weighted by atomic mass is 9.96. The van der Waals surface area contributed by atoms with Crippen LogP contribution in [-0.4, -0.2) is 23.4 Å². The molecule has 0 saturated heterocycles. The maximum atomic E-state index is 13.5. The first-order chi connectivity index (χ1) is 15.0. The van der Waals surface area contributed by atoms with E-state index in [4.69, 9.17) is 4.74 Å². The summed E-state index contributed by atoms with van der Waals surface area (Å²) in [4.78, 5) is 32.6. The van der Waals surface area contributed by atoms with E-state index >= 15 is 0 Å². The highest BCUT2D eigenvalue weighted by Gasteiger charge is 2.33. The Kier molecular flexibility index (Phi) is 6.25. The van der Waals surface area contributed by atoms with Gasteiger partial charge in [0.2, 0.25) is 0 Å². The predicted molar refractivity (Wildman–Crippen MR) is 125 cm³/mol. The van der Waals surface area contributed by atoms with Crippen LogP contribution in [0.1, 0.15) is 31.0 Å². The molecule has 1 aromatic heterocycles. The van der Waals surface area contributed by atoms with Crippen LogP contribution in [0.5, 0.6) is 0 Å². The topological polar surface area (TPSA) is 60.7 Å². The van der Waals surface area contributed by atoms with Gasteiger partial charge in [-0.25, -0.2) is 9.79 Å². The van der Waals surface area contributed by atoms with Crippen LogP contribution in [-0.2, 0) is 9.53 Å². The van der Waals surface area contributed by atoms with Gasteiger partial charge in [0, 0.05) is 4.90 Å². The summed E-state index contributed by atoms with van der Waals surface area (Å²) in [7, 11) is 0. The lowest BCUT2D eigenvalue weighted by molar-refractivity contribution is -0.139. The van der Waals surface area contributed by atoms with E-state index in [1.807, 2.05) is 66.9 Å². The van der Waals surface area contributed by atoms with E-state index in [-0.39, 0.29) is 12.2 Å². The Labute approximate surface area is 188 Å². The van der Waals surface area contributed by atoms with Crippen molar-refractivity contribution in [3.8, 4) is 0 Å². The predicted octanol–water partition coefficient (Wildman–Crippen LogP) is 3.52. The summed E-state index contributed by atoms with van der Waals surface area (Å²) in [6.07, 6.45) is 3.87. The minimum atomic E-state index is -0.580. The maximum absolute atomic E-state index is 13.5. The molecule has 3 aromatic rings. The van der Waals surface area contributed by atoms with Gasteiger partial charge in [-0.2, -0.15) is 0 Å². The number of thioether (sulfide) groups is 1. The number of benzene rings is 2. The molecule has 5 nitrogen and oxygen atoms in total. The zero-order valence-electron chi connectivity index (χ0n) is 17.5.